The van der Waals surface area contributed by atoms with Gasteiger partial charge >= 0.3 is 0 Å². The lowest BCUT2D eigenvalue weighted by atomic mass is 9.94. The zero-order chi connectivity index (χ0) is 37.7. The summed E-state index contributed by atoms with van der Waals surface area (Å²) >= 11 is 0. The van der Waals surface area contributed by atoms with Gasteiger partial charge in [-0.25, -0.2) is 0 Å². The van der Waals surface area contributed by atoms with Crippen molar-refractivity contribution < 1.29 is 4.42 Å². The molecule has 2 aromatic heterocycles. The summed E-state index contributed by atoms with van der Waals surface area (Å²) in [6, 6.07) is 58.3. The van der Waals surface area contributed by atoms with Crippen LogP contribution in [0.25, 0.3) is 71.7 Å². The van der Waals surface area contributed by atoms with Crippen molar-refractivity contribution in [1.82, 2.24) is 4.57 Å². The second kappa shape index (κ2) is 13.6. The highest BCUT2D eigenvalue weighted by atomic mass is 16.3. The number of aromatic nitrogens is 1. The van der Waals surface area contributed by atoms with Gasteiger partial charge in [0.2, 0.25) is 0 Å². The fraction of sp³-hybridized carbons (Fsp3) is 0.0370. The van der Waals surface area contributed by atoms with Crippen molar-refractivity contribution in [2.75, 3.05) is 4.90 Å². The Kier molecular flexibility index (Phi) is 7.86. The van der Waals surface area contributed by atoms with Crippen molar-refractivity contribution in [3.63, 3.8) is 0 Å². The number of rotatable bonds is 7. The van der Waals surface area contributed by atoms with Gasteiger partial charge in [0.15, 0.2) is 0 Å². The monoisotopic (exact) mass is 728 g/mol. The first-order valence-electron chi connectivity index (χ1n) is 19.6. The number of furan rings is 1. The van der Waals surface area contributed by atoms with Crippen LogP contribution in [-0.4, -0.2) is 4.57 Å². The number of anilines is 2. The third-order valence-corrected chi connectivity index (χ3v) is 11.3. The first kappa shape index (κ1) is 32.9. The fourth-order valence-corrected chi connectivity index (χ4v) is 8.67. The molecule has 0 fully saturated rings. The SMILES string of the molecule is C1=C=C(N(c2ccc(-c3cccc(-n4c5ccccc5c5ccccc54)c3)cc2)c2ccccc2C2=CC=CCC2)C=CC=1c1cccc2oc3ccccc3c12. The van der Waals surface area contributed by atoms with Crippen molar-refractivity contribution in [2.45, 2.75) is 12.8 Å². The number of hydrogen-bond donors (Lipinski definition) is 0. The van der Waals surface area contributed by atoms with Crippen LogP contribution in [0.3, 0.4) is 0 Å². The summed E-state index contributed by atoms with van der Waals surface area (Å²) in [5.41, 5.74) is 22.5. The molecule has 268 valence electrons. The first-order chi connectivity index (χ1) is 28.3. The molecule has 0 spiro atoms. The average Bonchev–Trinajstić information content (AvgIpc) is 3.84. The molecule has 7 aromatic carbocycles. The first-order valence-corrected chi connectivity index (χ1v) is 19.6. The van der Waals surface area contributed by atoms with E-state index in [4.69, 9.17) is 4.42 Å². The molecule has 57 heavy (non-hydrogen) atoms. The summed E-state index contributed by atoms with van der Waals surface area (Å²) in [6.45, 7) is 0. The topological polar surface area (TPSA) is 21.3 Å². The van der Waals surface area contributed by atoms with E-state index in [2.05, 4.69) is 197 Å². The van der Waals surface area contributed by atoms with Crippen LogP contribution in [0.5, 0.6) is 0 Å². The van der Waals surface area contributed by atoms with E-state index in [0.717, 1.165) is 79.8 Å². The summed E-state index contributed by atoms with van der Waals surface area (Å²) in [7, 11) is 0. The lowest BCUT2D eigenvalue weighted by Gasteiger charge is -2.29. The van der Waals surface area contributed by atoms with Crippen LogP contribution < -0.4 is 4.90 Å². The highest BCUT2D eigenvalue weighted by Crippen LogP contribution is 2.41. The van der Waals surface area contributed by atoms with Crippen molar-refractivity contribution in [2.24, 2.45) is 0 Å². The Hall–Kier alpha value is -7.54. The Balaban J connectivity index is 1.03. The number of benzene rings is 7. The third kappa shape index (κ3) is 5.62. The smallest absolute Gasteiger partial charge is 0.136 e. The second-order valence-corrected chi connectivity index (χ2v) is 14.6. The molecule has 0 bridgehead atoms. The predicted octanol–water partition coefficient (Wildman–Crippen LogP) is 14.5. The molecule has 2 heterocycles. The van der Waals surface area contributed by atoms with E-state index in [1.54, 1.807) is 0 Å². The van der Waals surface area contributed by atoms with Gasteiger partial charge in [0.1, 0.15) is 11.2 Å². The molecule has 0 saturated carbocycles. The molecule has 9 aromatic rings. The third-order valence-electron chi connectivity index (χ3n) is 11.3. The van der Waals surface area contributed by atoms with Gasteiger partial charge in [-0.05, 0) is 102 Å². The largest absolute Gasteiger partial charge is 0.456 e. The van der Waals surface area contributed by atoms with E-state index in [0.29, 0.717) is 0 Å². The summed E-state index contributed by atoms with van der Waals surface area (Å²) in [5.74, 6) is 0. The zero-order valence-corrected chi connectivity index (χ0v) is 31.2. The van der Waals surface area contributed by atoms with E-state index in [1.165, 1.54) is 32.9 Å². The van der Waals surface area contributed by atoms with Gasteiger partial charge in [-0.15, -0.1) is 0 Å². The Bertz CT molecular complexity index is 3210. The quantitative estimate of drug-likeness (QED) is 0.152. The van der Waals surface area contributed by atoms with Gasteiger partial charge in [-0.3, -0.25) is 0 Å². The average molecular weight is 729 g/mol. The molecule has 0 N–H and O–H groups in total. The van der Waals surface area contributed by atoms with Gasteiger partial charge in [0, 0.05) is 49.6 Å². The summed E-state index contributed by atoms with van der Waals surface area (Å²) in [6.07, 6.45) is 13.0. The molecular weight excluding hydrogens is 693 g/mol. The molecule has 3 heteroatoms. The minimum absolute atomic E-state index is 0.872. The Morgan fingerprint density at radius 2 is 1.26 bits per heavy atom. The number of para-hydroxylation sites is 4. The predicted molar refractivity (Wildman–Crippen MR) is 238 cm³/mol. The van der Waals surface area contributed by atoms with Crippen LogP contribution in [0.1, 0.15) is 24.0 Å². The van der Waals surface area contributed by atoms with E-state index in [1.807, 2.05) is 18.2 Å². The van der Waals surface area contributed by atoms with E-state index in [9.17, 15) is 0 Å². The van der Waals surface area contributed by atoms with Gasteiger partial charge in [-0.2, -0.15) is 0 Å². The van der Waals surface area contributed by atoms with Crippen LogP contribution in [0, 0.1) is 0 Å². The standard InChI is InChI=1S/C54H36N2O/c1-2-14-38(15-3-1)44-18-4-8-23-49(44)55(42-34-30-39(31-35-42)45-22-13-27-53-54(45)48-21-7-11-26-52(48)57-53)41-32-28-37(29-33-41)40-16-12-17-43(36-40)56-50-24-9-5-19-46(50)47-20-6-10-25-51(47)56/h1-2,4-14,16-30,32-34,36H,3,15H2. The van der Waals surface area contributed by atoms with Gasteiger partial charge in [0.05, 0.1) is 22.4 Å². The molecule has 0 saturated heterocycles. The van der Waals surface area contributed by atoms with E-state index < -0.39 is 0 Å². The minimum Gasteiger partial charge on any atom is -0.456 e. The molecule has 0 unspecified atom stereocenters. The molecular formula is C54H36N2O. The van der Waals surface area contributed by atoms with Gasteiger partial charge in [0.25, 0.3) is 0 Å². The maximum atomic E-state index is 6.22. The molecule has 0 aliphatic heterocycles. The maximum Gasteiger partial charge on any atom is 0.136 e. The van der Waals surface area contributed by atoms with E-state index >= 15 is 0 Å². The summed E-state index contributed by atoms with van der Waals surface area (Å²) in [4.78, 5) is 2.32. The van der Waals surface area contributed by atoms with Crippen LogP contribution in [0.2, 0.25) is 0 Å². The number of allylic oxidation sites excluding steroid dienone is 7. The minimum atomic E-state index is 0.872. The zero-order valence-electron chi connectivity index (χ0n) is 31.2. The number of nitrogens with zero attached hydrogens (tertiary/aromatic N) is 2. The summed E-state index contributed by atoms with van der Waals surface area (Å²) in [5, 5.41) is 4.73. The van der Waals surface area contributed by atoms with Crippen LogP contribution in [-0.2, 0) is 0 Å². The second-order valence-electron chi connectivity index (χ2n) is 14.6. The molecule has 0 atom stereocenters. The van der Waals surface area contributed by atoms with Crippen LogP contribution >= 0.6 is 0 Å². The lowest BCUT2D eigenvalue weighted by Crippen LogP contribution is -2.17. The Morgan fingerprint density at radius 1 is 0.561 bits per heavy atom. The Labute approximate surface area is 331 Å². The van der Waals surface area contributed by atoms with Gasteiger partial charge in [-0.1, -0.05) is 133 Å². The number of fused-ring (bicyclic) bond motifs is 6. The molecule has 11 rings (SSSR count). The molecule has 2 aliphatic rings. The molecule has 0 amide bonds. The van der Waals surface area contributed by atoms with Crippen molar-refractivity contribution in [3.8, 4) is 16.8 Å². The van der Waals surface area contributed by atoms with E-state index in [-0.39, 0.29) is 0 Å². The molecule has 2 aliphatic carbocycles. The highest BCUT2D eigenvalue weighted by molar-refractivity contribution is 6.11. The van der Waals surface area contributed by atoms with Crippen molar-refractivity contribution >= 4 is 66.3 Å². The molecule has 3 nitrogen and oxygen atoms in total. The highest BCUT2D eigenvalue weighted by Gasteiger charge is 2.21. The Morgan fingerprint density at radius 3 is 2.04 bits per heavy atom. The number of hydrogen-bond acceptors (Lipinski definition) is 2. The van der Waals surface area contributed by atoms with Crippen molar-refractivity contribution in [3.05, 3.63) is 222 Å². The normalized spacial score (nSPS) is 13.7. The fourth-order valence-electron chi connectivity index (χ4n) is 8.67. The van der Waals surface area contributed by atoms with Gasteiger partial charge < -0.3 is 13.9 Å². The maximum absolute atomic E-state index is 6.22. The van der Waals surface area contributed by atoms with Crippen LogP contribution in [0.15, 0.2) is 216 Å². The lowest BCUT2D eigenvalue weighted by molar-refractivity contribution is 0.669. The molecule has 0 radical (unpaired) electrons. The van der Waals surface area contributed by atoms with Crippen molar-refractivity contribution in [1.29, 1.82) is 0 Å². The van der Waals surface area contributed by atoms with Crippen LogP contribution in [0.4, 0.5) is 11.4 Å². The summed E-state index contributed by atoms with van der Waals surface area (Å²) < 4.78 is 8.60.